The van der Waals surface area contributed by atoms with Crippen LogP contribution in [0.15, 0.2) is 33.3 Å². The summed E-state index contributed by atoms with van der Waals surface area (Å²) in [7, 11) is 0. The van der Waals surface area contributed by atoms with Gasteiger partial charge in [-0.05, 0) is 12.1 Å². The molecule has 0 aliphatic carbocycles. The van der Waals surface area contributed by atoms with Crippen molar-refractivity contribution in [2.24, 2.45) is 0 Å². The number of nitrogens with zero attached hydrogens (tertiary/aromatic N) is 1. The number of aliphatic hydroxyl groups is 1. The molecule has 0 amide bonds. The molecular weight excluding hydrogens is 281 g/mol. The Morgan fingerprint density at radius 2 is 2.20 bits per heavy atom. The largest absolute Gasteiger partial charge is 0.388 e. The second-order valence-electron chi connectivity index (χ2n) is 2.96. The standard InChI is InChI=1S/C10H7BrClNO2/c11-6-1-2-8(9(12)3-6)10-4-7(5-14)15-13-10/h1-4,14H,5H2. The van der Waals surface area contributed by atoms with Crippen LogP contribution in [0, 0.1) is 0 Å². The van der Waals surface area contributed by atoms with Crippen LogP contribution >= 0.6 is 27.5 Å². The van der Waals surface area contributed by atoms with Gasteiger partial charge in [-0.25, -0.2) is 0 Å². The molecule has 0 bridgehead atoms. The van der Waals surface area contributed by atoms with Gasteiger partial charge in [0.25, 0.3) is 0 Å². The predicted octanol–water partition coefficient (Wildman–Crippen LogP) is 3.25. The van der Waals surface area contributed by atoms with Crippen molar-refractivity contribution in [3.8, 4) is 11.3 Å². The van der Waals surface area contributed by atoms with Crippen LogP contribution in [-0.4, -0.2) is 10.3 Å². The van der Waals surface area contributed by atoms with Crippen LogP contribution in [-0.2, 0) is 6.61 Å². The summed E-state index contributed by atoms with van der Waals surface area (Å²) >= 11 is 9.36. The van der Waals surface area contributed by atoms with E-state index in [9.17, 15) is 0 Å². The van der Waals surface area contributed by atoms with Gasteiger partial charge in [-0.3, -0.25) is 0 Å². The Morgan fingerprint density at radius 1 is 1.40 bits per heavy atom. The Bertz CT molecular complexity index is 484. The van der Waals surface area contributed by atoms with Gasteiger partial charge in [-0.15, -0.1) is 0 Å². The average molecular weight is 289 g/mol. The number of hydrogen-bond donors (Lipinski definition) is 1. The Balaban J connectivity index is 2.44. The minimum Gasteiger partial charge on any atom is -0.388 e. The van der Waals surface area contributed by atoms with Crippen LogP contribution in [0.4, 0.5) is 0 Å². The van der Waals surface area contributed by atoms with Crippen molar-refractivity contribution >= 4 is 27.5 Å². The van der Waals surface area contributed by atoms with Gasteiger partial charge in [-0.1, -0.05) is 38.8 Å². The third-order valence-corrected chi connectivity index (χ3v) is 2.73. The van der Waals surface area contributed by atoms with Gasteiger partial charge >= 0.3 is 0 Å². The van der Waals surface area contributed by atoms with Crippen LogP contribution in [0.1, 0.15) is 5.76 Å². The summed E-state index contributed by atoms with van der Waals surface area (Å²) in [5, 5.41) is 13.2. The summed E-state index contributed by atoms with van der Waals surface area (Å²) in [5.41, 5.74) is 1.40. The Hall–Kier alpha value is -0.840. The van der Waals surface area contributed by atoms with Gasteiger partial charge in [-0.2, -0.15) is 0 Å². The smallest absolute Gasteiger partial charge is 0.162 e. The highest BCUT2D eigenvalue weighted by Gasteiger charge is 2.09. The molecule has 0 aliphatic rings. The lowest BCUT2D eigenvalue weighted by Gasteiger charge is -1.99. The first-order valence-corrected chi connectivity index (χ1v) is 5.39. The molecule has 1 N–H and O–H groups in total. The third kappa shape index (κ3) is 2.22. The van der Waals surface area contributed by atoms with Crippen LogP contribution in [0.25, 0.3) is 11.3 Å². The first-order chi connectivity index (χ1) is 7.20. The average Bonchev–Trinajstić information content (AvgIpc) is 2.66. The molecule has 78 valence electrons. The lowest BCUT2D eigenvalue weighted by Crippen LogP contribution is -1.79. The van der Waals surface area contributed by atoms with Gasteiger partial charge in [0.2, 0.25) is 0 Å². The van der Waals surface area contributed by atoms with Gasteiger partial charge in [0.05, 0.1) is 5.02 Å². The molecular formula is C10H7BrClNO2. The molecule has 1 aromatic heterocycles. The highest BCUT2D eigenvalue weighted by Crippen LogP contribution is 2.29. The molecule has 0 radical (unpaired) electrons. The van der Waals surface area contributed by atoms with Gasteiger partial charge in [0.1, 0.15) is 12.3 Å². The first kappa shape index (κ1) is 10.7. The predicted molar refractivity (Wildman–Crippen MR) is 60.6 cm³/mol. The summed E-state index contributed by atoms with van der Waals surface area (Å²) < 4.78 is 5.79. The van der Waals surface area contributed by atoms with E-state index in [-0.39, 0.29) is 6.61 Å². The fourth-order valence-electron chi connectivity index (χ4n) is 1.21. The highest BCUT2D eigenvalue weighted by molar-refractivity contribution is 9.10. The zero-order chi connectivity index (χ0) is 10.8. The fraction of sp³-hybridized carbons (Fsp3) is 0.100. The monoisotopic (exact) mass is 287 g/mol. The quantitative estimate of drug-likeness (QED) is 0.922. The summed E-state index contributed by atoms with van der Waals surface area (Å²) in [6.07, 6.45) is 0. The third-order valence-electron chi connectivity index (χ3n) is 1.92. The SMILES string of the molecule is OCc1cc(-c2ccc(Br)cc2Cl)no1. The minimum atomic E-state index is -0.166. The van der Waals surface area contributed by atoms with Crippen molar-refractivity contribution in [1.29, 1.82) is 0 Å². The molecule has 0 saturated heterocycles. The summed E-state index contributed by atoms with van der Waals surface area (Å²) in [5.74, 6) is 0.420. The number of aliphatic hydroxyl groups excluding tert-OH is 1. The maximum atomic E-state index is 8.84. The molecule has 2 aromatic rings. The van der Waals surface area contributed by atoms with Crippen LogP contribution in [0.5, 0.6) is 0 Å². The highest BCUT2D eigenvalue weighted by atomic mass is 79.9. The normalized spacial score (nSPS) is 10.6. The Kier molecular flexibility index (Phi) is 3.09. The topological polar surface area (TPSA) is 46.3 Å². The van der Waals surface area contributed by atoms with E-state index in [1.807, 2.05) is 12.1 Å². The number of aromatic nitrogens is 1. The zero-order valence-electron chi connectivity index (χ0n) is 7.58. The molecule has 0 unspecified atom stereocenters. The number of halogens is 2. The number of benzene rings is 1. The van der Waals surface area contributed by atoms with Gasteiger partial charge < -0.3 is 9.63 Å². The van der Waals surface area contributed by atoms with Gasteiger partial charge in [0, 0.05) is 16.1 Å². The molecule has 2 rings (SSSR count). The van der Waals surface area contributed by atoms with Crippen LogP contribution in [0.3, 0.4) is 0 Å². The lowest BCUT2D eigenvalue weighted by molar-refractivity contribution is 0.229. The van der Waals surface area contributed by atoms with E-state index in [0.717, 1.165) is 10.0 Å². The molecule has 5 heteroatoms. The van der Waals surface area contributed by atoms with Crippen LogP contribution < -0.4 is 0 Å². The van der Waals surface area contributed by atoms with E-state index >= 15 is 0 Å². The van der Waals surface area contributed by atoms with Gasteiger partial charge in [0.15, 0.2) is 5.76 Å². The Labute approximate surface area is 99.8 Å². The fourth-order valence-corrected chi connectivity index (χ4v) is 1.98. The summed E-state index contributed by atoms with van der Waals surface area (Å²) in [4.78, 5) is 0. The molecule has 3 nitrogen and oxygen atoms in total. The maximum absolute atomic E-state index is 8.84. The maximum Gasteiger partial charge on any atom is 0.162 e. The van der Waals surface area contributed by atoms with E-state index in [4.69, 9.17) is 21.2 Å². The van der Waals surface area contributed by atoms with Crippen LogP contribution in [0.2, 0.25) is 5.02 Å². The summed E-state index contributed by atoms with van der Waals surface area (Å²) in [6, 6.07) is 7.15. The number of hydrogen-bond acceptors (Lipinski definition) is 3. The molecule has 0 saturated carbocycles. The van der Waals surface area contributed by atoms with E-state index < -0.39 is 0 Å². The molecule has 15 heavy (non-hydrogen) atoms. The molecule has 0 fully saturated rings. The minimum absolute atomic E-state index is 0.166. The lowest BCUT2D eigenvalue weighted by atomic mass is 10.1. The van der Waals surface area contributed by atoms with Crippen molar-refractivity contribution in [1.82, 2.24) is 5.16 Å². The van der Waals surface area contributed by atoms with Crippen molar-refractivity contribution < 1.29 is 9.63 Å². The van der Waals surface area contributed by atoms with E-state index in [0.29, 0.717) is 16.5 Å². The zero-order valence-corrected chi connectivity index (χ0v) is 9.92. The number of rotatable bonds is 2. The van der Waals surface area contributed by atoms with E-state index in [1.54, 1.807) is 12.1 Å². The second kappa shape index (κ2) is 4.35. The van der Waals surface area contributed by atoms with Crippen molar-refractivity contribution in [2.75, 3.05) is 0 Å². The molecule has 1 aromatic carbocycles. The Morgan fingerprint density at radius 3 is 2.80 bits per heavy atom. The van der Waals surface area contributed by atoms with E-state index in [1.165, 1.54) is 0 Å². The molecule has 0 atom stereocenters. The van der Waals surface area contributed by atoms with Crippen molar-refractivity contribution in [2.45, 2.75) is 6.61 Å². The molecule has 1 heterocycles. The molecule has 0 aliphatic heterocycles. The van der Waals surface area contributed by atoms with E-state index in [2.05, 4.69) is 21.1 Å². The first-order valence-electron chi connectivity index (χ1n) is 4.22. The molecule has 0 spiro atoms. The summed E-state index contributed by atoms with van der Waals surface area (Å²) in [6.45, 7) is -0.166. The second-order valence-corrected chi connectivity index (χ2v) is 4.28. The van der Waals surface area contributed by atoms with Crippen molar-refractivity contribution in [3.05, 3.63) is 39.5 Å². The van der Waals surface area contributed by atoms with Crippen molar-refractivity contribution in [3.63, 3.8) is 0 Å².